The van der Waals surface area contributed by atoms with Crippen molar-refractivity contribution in [3.8, 4) is 5.75 Å². The van der Waals surface area contributed by atoms with Gasteiger partial charge in [-0.15, -0.1) is 0 Å². The number of thiazole rings is 1. The summed E-state index contributed by atoms with van der Waals surface area (Å²) in [6, 6.07) is 12.2. The summed E-state index contributed by atoms with van der Waals surface area (Å²) >= 11 is 1.42. The first-order valence-corrected chi connectivity index (χ1v) is 6.53. The molecule has 5 heteroatoms. The summed E-state index contributed by atoms with van der Waals surface area (Å²) in [6.07, 6.45) is 0. The van der Waals surface area contributed by atoms with Gasteiger partial charge in [0, 0.05) is 11.8 Å². The number of nitrogens with one attached hydrogen (secondary N) is 1. The van der Waals surface area contributed by atoms with Gasteiger partial charge in [-0.2, -0.15) is 0 Å². The van der Waals surface area contributed by atoms with Crippen LogP contribution < -0.4 is 10.1 Å². The second-order valence-electron chi connectivity index (χ2n) is 3.99. The standard InChI is InChI=1S/C14H11FN2OS/c1-18-11-4-2-3-10(8-11)16-14-17-12-6-5-9(15)7-13(12)19-14/h2-8H,1H3,(H,16,17). The Morgan fingerprint density at radius 3 is 2.95 bits per heavy atom. The molecular formula is C14H11FN2OS. The number of benzene rings is 2. The molecule has 0 radical (unpaired) electrons. The first-order valence-electron chi connectivity index (χ1n) is 5.72. The molecule has 96 valence electrons. The van der Waals surface area contributed by atoms with Crippen LogP contribution in [0.5, 0.6) is 5.75 Å². The van der Waals surface area contributed by atoms with Crippen LogP contribution in [-0.4, -0.2) is 12.1 Å². The summed E-state index contributed by atoms with van der Waals surface area (Å²) in [5.41, 5.74) is 1.68. The Labute approximate surface area is 113 Å². The predicted octanol–water partition coefficient (Wildman–Crippen LogP) is 4.19. The number of ether oxygens (including phenoxy) is 1. The molecule has 0 amide bonds. The van der Waals surface area contributed by atoms with Gasteiger partial charge >= 0.3 is 0 Å². The maximum atomic E-state index is 13.1. The summed E-state index contributed by atoms with van der Waals surface area (Å²) in [6.45, 7) is 0. The molecule has 1 aromatic heterocycles. The summed E-state index contributed by atoms with van der Waals surface area (Å²) in [5.74, 6) is 0.529. The van der Waals surface area contributed by atoms with E-state index in [0.717, 1.165) is 26.8 Å². The fourth-order valence-corrected chi connectivity index (χ4v) is 2.69. The number of anilines is 2. The maximum Gasteiger partial charge on any atom is 0.188 e. The SMILES string of the molecule is COc1cccc(Nc2nc3ccc(F)cc3s2)c1. The van der Waals surface area contributed by atoms with E-state index in [2.05, 4.69) is 10.3 Å². The average Bonchev–Trinajstić information content (AvgIpc) is 2.80. The number of nitrogens with zero attached hydrogens (tertiary/aromatic N) is 1. The van der Waals surface area contributed by atoms with Gasteiger partial charge in [0.2, 0.25) is 0 Å². The number of hydrogen-bond acceptors (Lipinski definition) is 4. The van der Waals surface area contributed by atoms with Crippen LogP contribution in [0.15, 0.2) is 42.5 Å². The highest BCUT2D eigenvalue weighted by Crippen LogP contribution is 2.29. The smallest absolute Gasteiger partial charge is 0.188 e. The quantitative estimate of drug-likeness (QED) is 0.777. The number of methoxy groups -OCH3 is 1. The third-order valence-electron chi connectivity index (χ3n) is 2.67. The second-order valence-corrected chi connectivity index (χ2v) is 5.02. The van der Waals surface area contributed by atoms with Crippen molar-refractivity contribution in [2.45, 2.75) is 0 Å². The molecule has 19 heavy (non-hydrogen) atoms. The van der Waals surface area contributed by atoms with Gasteiger partial charge in [-0.25, -0.2) is 9.37 Å². The van der Waals surface area contributed by atoms with Crippen LogP contribution in [0.3, 0.4) is 0 Å². The third-order valence-corrected chi connectivity index (χ3v) is 3.61. The fraction of sp³-hybridized carbons (Fsp3) is 0.0714. The largest absolute Gasteiger partial charge is 0.497 e. The lowest BCUT2D eigenvalue weighted by Gasteiger charge is -2.04. The Kier molecular flexibility index (Phi) is 3.05. The van der Waals surface area contributed by atoms with Crippen LogP contribution in [0.2, 0.25) is 0 Å². The monoisotopic (exact) mass is 274 g/mol. The maximum absolute atomic E-state index is 13.1. The molecule has 2 aromatic carbocycles. The fourth-order valence-electron chi connectivity index (χ4n) is 1.78. The number of fused-ring (bicyclic) bond motifs is 1. The molecule has 0 saturated carbocycles. The van der Waals surface area contributed by atoms with Crippen molar-refractivity contribution in [3.63, 3.8) is 0 Å². The molecule has 0 aliphatic heterocycles. The van der Waals surface area contributed by atoms with Crippen LogP contribution in [0.4, 0.5) is 15.2 Å². The molecule has 0 saturated heterocycles. The van der Waals surface area contributed by atoms with E-state index in [1.807, 2.05) is 24.3 Å². The van der Waals surface area contributed by atoms with E-state index in [1.165, 1.54) is 23.5 Å². The van der Waals surface area contributed by atoms with Crippen molar-refractivity contribution in [2.75, 3.05) is 12.4 Å². The predicted molar refractivity (Wildman–Crippen MR) is 75.9 cm³/mol. The second kappa shape index (κ2) is 4.85. The normalized spacial score (nSPS) is 10.6. The Morgan fingerprint density at radius 2 is 2.11 bits per heavy atom. The topological polar surface area (TPSA) is 34.1 Å². The Morgan fingerprint density at radius 1 is 1.21 bits per heavy atom. The highest BCUT2D eigenvalue weighted by atomic mass is 32.1. The van der Waals surface area contributed by atoms with Crippen molar-refractivity contribution in [3.05, 3.63) is 48.3 Å². The van der Waals surface area contributed by atoms with E-state index in [-0.39, 0.29) is 5.82 Å². The van der Waals surface area contributed by atoms with Gasteiger partial charge < -0.3 is 10.1 Å². The molecule has 0 atom stereocenters. The van der Waals surface area contributed by atoms with E-state index in [4.69, 9.17) is 4.74 Å². The van der Waals surface area contributed by atoms with Crippen LogP contribution in [-0.2, 0) is 0 Å². The molecule has 1 heterocycles. The van der Waals surface area contributed by atoms with Gasteiger partial charge in [-0.1, -0.05) is 17.4 Å². The van der Waals surface area contributed by atoms with Gasteiger partial charge in [0.25, 0.3) is 0 Å². The molecule has 0 aliphatic rings. The Balaban J connectivity index is 1.92. The zero-order valence-corrected chi connectivity index (χ0v) is 11.0. The molecule has 0 bridgehead atoms. The first kappa shape index (κ1) is 11.9. The molecule has 0 fully saturated rings. The molecule has 3 nitrogen and oxygen atoms in total. The van der Waals surface area contributed by atoms with Crippen LogP contribution in [0.25, 0.3) is 10.2 Å². The molecule has 0 aliphatic carbocycles. The molecule has 3 aromatic rings. The summed E-state index contributed by atoms with van der Waals surface area (Å²) in [5, 5.41) is 3.92. The highest BCUT2D eigenvalue weighted by Gasteiger charge is 2.05. The zero-order valence-electron chi connectivity index (χ0n) is 10.2. The van der Waals surface area contributed by atoms with Crippen molar-refractivity contribution in [1.82, 2.24) is 4.98 Å². The van der Waals surface area contributed by atoms with Gasteiger partial charge in [0.15, 0.2) is 5.13 Å². The lowest BCUT2D eigenvalue weighted by molar-refractivity contribution is 0.415. The first-order chi connectivity index (χ1) is 9.24. The van der Waals surface area contributed by atoms with Gasteiger partial charge in [0.05, 0.1) is 17.3 Å². The van der Waals surface area contributed by atoms with Crippen LogP contribution in [0, 0.1) is 5.82 Å². The average molecular weight is 274 g/mol. The van der Waals surface area contributed by atoms with E-state index in [0.29, 0.717) is 0 Å². The minimum atomic E-state index is -0.246. The molecular weight excluding hydrogens is 263 g/mol. The third kappa shape index (κ3) is 2.51. The van der Waals surface area contributed by atoms with Crippen molar-refractivity contribution >= 4 is 32.4 Å². The lowest BCUT2D eigenvalue weighted by atomic mass is 10.3. The van der Waals surface area contributed by atoms with E-state index < -0.39 is 0 Å². The van der Waals surface area contributed by atoms with Crippen LogP contribution >= 0.6 is 11.3 Å². The number of halogens is 1. The minimum absolute atomic E-state index is 0.246. The molecule has 3 rings (SSSR count). The van der Waals surface area contributed by atoms with E-state index in [1.54, 1.807) is 13.2 Å². The summed E-state index contributed by atoms with van der Waals surface area (Å²) in [7, 11) is 1.62. The van der Waals surface area contributed by atoms with Crippen molar-refractivity contribution in [2.24, 2.45) is 0 Å². The molecule has 1 N–H and O–H groups in total. The van der Waals surface area contributed by atoms with Gasteiger partial charge in [-0.05, 0) is 30.3 Å². The molecule has 0 unspecified atom stereocenters. The Hall–Kier alpha value is -2.14. The summed E-state index contributed by atoms with van der Waals surface area (Å²) < 4.78 is 19.1. The molecule has 0 spiro atoms. The number of aromatic nitrogens is 1. The van der Waals surface area contributed by atoms with Crippen molar-refractivity contribution < 1.29 is 9.13 Å². The minimum Gasteiger partial charge on any atom is -0.497 e. The Bertz CT molecular complexity index is 726. The van der Waals surface area contributed by atoms with Crippen molar-refractivity contribution in [1.29, 1.82) is 0 Å². The lowest BCUT2D eigenvalue weighted by Crippen LogP contribution is -1.90. The zero-order chi connectivity index (χ0) is 13.2. The number of hydrogen-bond donors (Lipinski definition) is 1. The van der Waals surface area contributed by atoms with E-state index >= 15 is 0 Å². The van der Waals surface area contributed by atoms with Gasteiger partial charge in [0.1, 0.15) is 11.6 Å². The number of rotatable bonds is 3. The summed E-state index contributed by atoms with van der Waals surface area (Å²) in [4.78, 5) is 4.40. The van der Waals surface area contributed by atoms with E-state index in [9.17, 15) is 4.39 Å². The van der Waals surface area contributed by atoms with Crippen LogP contribution in [0.1, 0.15) is 0 Å². The van der Waals surface area contributed by atoms with Gasteiger partial charge in [-0.3, -0.25) is 0 Å². The highest BCUT2D eigenvalue weighted by molar-refractivity contribution is 7.22.